The van der Waals surface area contributed by atoms with Crippen molar-refractivity contribution in [3.8, 4) is 5.88 Å². The normalized spacial score (nSPS) is 12.6. The first kappa shape index (κ1) is 17.0. The molecular formula is C18H16F3N3O. The van der Waals surface area contributed by atoms with Gasteiger partial charge in [0.1, 0.15) is 0 Å². The van der Waals surface area contributed by atoms with Gasteiger partial charge in [0.15, 0.2) is 5.69 Å². The monoisotopic (exact) mass is 347 g/mol. The Kier molecular flexibility index (Phi) is 4.24. The average molecular weight is 347 g/mol. The van der Waals surface area contributed by atoms with Crippen molar-refractivity contribution in [3.63, 3.8) is 0 Å². The number of halogens is 3. The molecule has 7 heteroatoms. The highest BCUT2D eigenvalue weighted by Crippen LogP contribution is 2.39. The fraction of sp³-hybridized carbons (Fsp3) is 0.222. The molecule has 4 nitrogen and oxygen atoms in total. The number of hydrogen-bond donors (Lipinski definition) is 2. The maximum absolute atomic E-state index is 12.9. The summed E-state index contributed by atoms with van der Waals surface area (Å²) < 4.78 is 38.6. The molecular weight excluding hydrogens is 331 g/mol. The lowest BCUT2D eigenvalue weighted by atomic mass is 10.0. The number of rotatable bonds is 3. The van der Waals surface area contributed by atoms with E-state index in [-0.39, 0.29) is 17.0 Å². The van der Waals surface area contributed by atoms with E-state index >= 15 is 0 Å². The van der Waals surface area contributed by atoms with Gasteiger partial charge in [-0.2, -0.15) is 18.3 Å². The van der Waals surface area contributed by atoms with Gasteiger partial charge < -0.3 is 10.1 Å². The summed E-state index contributed by atoms with van der Waals surface area (Å²) in [5, 5.41) is 18.0. The fourth-order valence-electron chi connectivity index (χ4n) is 2.47. The zero-order valence-electron chi connectivity index (χ0n) is 13.6. The maximum Gasteiger partial charge on any atom is 0.416 e. The second kappa shape index (κ2) is 6.23. The Morgan fingerprint density at radius 2 is 1.68 bits per heavy atom. The number of H-pyrrole nitrogens is 1. The molecule has 0 unspecified atom stereocenters. The lowest BCUT2D eigenvalue weighted by Crippen LogP contribution is -2.03. The molecule has 3 aromatic rings. The third-order valence-electron chi connectivity index (χ3n) is 3.90. The van der Waals surface area contributed by atoms with Crippen LogP contribution in [-0.2, 0) is 6.18 Å². The van der Waals surface area contributed by atoms with E-state index in [1.165, 1.54) is 6.07 Å². The SMILES string of the molecule is CC(C)c1ccc(N=Nc2c(O)[nH]c3ccc(C(F)(F)F)cc23)cc1. The molecule has 0 saturated carbocycles. The summed E-state index contributed by atoms with van der Waals surface area (Å²) in [5.41, 5.74) is 1.22. The summed E-state index contributed by atoms with van der Waals surface area (Å²) in [6.07, 6.45) is -4.47. The number of alkyl halides is 3. The van der Waals surface area contributed by atoms with E-state index in [2.05, 4.69) is 29.1 Å². The minimum atomic E-state index is -4.47. The summed E-state index contributed by atoms with van der Waals surface area (Å²) >= 11 is 0. The highest BCUT2D eigenvalue weighted by Gasteiger charge is 2.31. The van der Waals surface area contributed by atoms with Crippen LogP contribution in [0.2, 0.25) is 0 Å². The number of nitrogens with zero attached hydrogens (tertiary/aromatic N) is 2. The van der Waals surface area contributed by atoms with Gasteiger partial charge in [-0.1, -0.05) is 26.0 Å². The molecule has 2 N–H and O–H groups in total. The van der Waals surface area contributed by atoms with Crippen LogP contribution in [-0.4, -0.2) is 10.1 Å². The molecule has 1 aromatic heterocycles. The molecule has 0 bridgehead atoms. The molecule has 130 valence electrons. The van der Waals surface area contributed by atoms with Crippen molar-refractivity contribution in [3.05, 3.63) is 53.6 Å². The molecule has 2 aromatic carbocycles. The molecule has 0 amide bonds. The minimum absolute atomic E-state index is 0.0194. The molecule has 0 radical (unpaired) electrons. The van der Waals surface area contributed by atoms with Gasteiger partial charge in [-0.05, 0) is 41.8 Å². The van der Waals surface area contributed by atoms with Crippen LogP contribution in [0, 0.1) is 0 Å². The molecule has 0 aliphatic heterocycles. The first-order chi connectivity index (χ1) is 11.8. The van der Waals surface area contributed by atoms with Gasteiger partial charge in [0, 0.05) is 5.39 Å². The molecule has 0 atom stereocenters. The van der Waals surface area contributed by atoms with Gasteiger partial charge in [0.05, 0.1) is 16.8 Å². The molecule has 0 aliphatic rings. The van der Waals surface area contributed by atoms with Crippen LogP contribution in [0.25, 0.3) is 10.9 Å². The van der Waals surface area contributed by atoms with Gasteiger partial charge in [-0.3, -0.25) is 0 Å². The van der Waals surface area contributed by atoms with Crippen molar-refractivity contribution in [2.75, 3.05) is 0 Å². The second-order valence-electron chi connectivity index (χ2n) is 6.03. The van der Waals surface area contributed by atoms with E-state index in [1.54, 1.807) is 12.1 Å². The van der Waals surface area contributed by atoms with Gasteiger partial charge in [0.25, 0.3) is 0 Å². The Balaban J connectivity index is 1.98. The van der Waals surface area contributed by atoms with Gasteiger partial charge in [-0.15, -0.1) is 5.11 Å². The van der Waals surface area contributed by atoms with Crippen LogP contribution in [0.3, 0.4) is 0 Å². The second-order valence-corrected chi connectivity index (χ2v) is 6.03. The zero-order valence-corrected chi connectivity index (χ0v) is 13.6. The van der Waals surface area contributed by atoms with Crippen molar-refractivity contribution in [1.82, 2.24) is 4.98 Å². The first-order valence-corrected chi connectivity index (χ1v) is 7.69. The molecule has 25 heavy (non-hydrogen) atoms. The first-order valence-electron chi connectivity index (χ1n) is 7.69. The van der Waals surface area contributed by atoms with Crippen LogP contribution in [0.4, 0.5) is 24.5 Å². The number of fused-ring (bicyclic) bond motifs is 1. The smallest absolute Gasteiger partial charge is 0.416 e. The van der Waals surface area contributed by atoms with Crippen LogP contribution >= 0.6 is 0 Å². The van der Waals surface area contributed by atoms with Gasteiger partial charge in [-0.25, -0.2) is 0 Å². The number of azo groups is 1. The van der Waals surface area contributed by atoms with Crippen LogP contribution in [0.5, 0.6) is 5.88 Å². The Hall–Kier alpha value is -2.83. The van der Waals surface area contributed by atoms with E-state index in [4.69, 9.17) is 0 Å². The number of hydrogen-bond acceptors (Lipinski definition) is 3. The van der Waals surface area contributed by atoms with E-state index < -0.39 is 11.7 Å². The minimum Gasteiger partial charge on any atom is -0.493 e. The molecule has 3 rings (SSSR count). The highest BCUT2D eigenvalue weighted by atomic mass is 19.4. The predicted octanol–water partition coefficient (Wildman–Crippen LogP) is 6.43. The highest BCUT2D eigenvalue weighted by molar-refractivity contribution is 5.94. The Labute approximate surface area is 142 Å². The summed E-state index contributed by atoms with van der Waals surface area (Å²) in [6, 6.07) is 10.5. The quantitative estimate of drug-likeness (QED) is 0.527. The molecule has 1 heterocycles. The van der Waals surface area contributed by atoms with E-state index in [0.29, 0.717) is 17.1 Å². The van der Waals surface area contributed by atoms with Crippen LogP contribution in [0.15, 0.2) is 52.7 Å². The number of aromatic nitrogens is 1. The number of aromatic hydroxyl groups is 1. The number of nitrogens with one attached hydrogen (secondary N) is 1. The van der Waals surface area contributed by atoms with Crippen molar-refractivity contribution in [2.24, 2.45) is 10.2 Å². The number of benzene rings is 2. The maximum atomic E-state index is 12.9. The van der Waals surface area contributed by atoms with Crippen molar-refractivity contribution < 1.29 is 18.3 Å². The summed E-state index contributed by atoms with van der Waals surface area (Å²) in [5.74, 6) is 0.0568. The topological polar surface area (TPSA) is 60.7 Å². The average Bonchev–Trinajstić information content (AvgIpc) is 2.87. The fourth-order valence-corrected chi connectivity index (χ4v) is 2.47. The van der Waals surface area contributed by atoms with E-state index in [1.807, 2.05) is 12.1 Å². The zero-order chi connectivity index (χ0) is 18.2. The Morgan fingerprint density at radius 3 is 2.28 bits per heavy atom. The van der Waals surface area contributed by atoms with Crippen molar-refractivity contribution in [1.29, 1.82) is 0 Å². The van der Waals surface area contributed by atoms with Crippen molar-refractivity contribution >= 4 is 22.3 Å². The standard InChI is InChI=1S/C18H16F3N3O/c1-10(2)11-3-6-13(7-4-11)23-24-16-14-9-12(18(19,20)21)5-8-15(14)22-17(16)25/h3-10,22,25H,1-2H3. The van der Waals surface area contributed by atoms with Gasteiger partial charge >= 0.3 is 6.18 Å². The molecule has 0 fully saturated rings. The summed E-state index contributed by atoms with van der Waals surface area (Å²) in [6.45, 7) is 4.14. The van der Waals surface area contributed by atoms with Crippen LogP contribution < -0.4 is 0 Å². The molecule has 0 spiro atoms. The predicted molar refractivity (Wildman–Crippen MR) is 89.7 cm³/mol. The largest absolute Gasteiger partial charge is 0.493 e. The lowest BCUT2D eigenvalue weighted by molar-refractivity contribution is -0.137. The third-order valence-corrected chi connectivity index (χ3v) is 3.90. The lowest BCUT2D eigenvalue weighted by Gasteiger charge is -2.06. The third kappa shape index (κ3) is 3.50. The van der Waals surface area contributed by atoms with E-state index in [0.717, 1.165) is 17.7 Å². The molecule has 0 aliphatic carbocycles. The molecule has 0 saturated heterocycles. The van der Waals surface area contributed by atoms with Crippen LogP contribution in [0.1, 0.15) is 30.9 Å². The number of aromatic amines is 1. The van der Waals surface area contributed by atoms with Crippen molar-refractivity contribution in [2.45, 2.75) is 25.9 Å². The van der Waals surface area contributed by atoms with E-state index in [9.17, 15) is 18.3 Å². The Morgan fingerprint density at radius 1 is 1.00 bits per heavy atom. The van der Waals surface area contributed by atoms with Gasteiger partial charge in [0.2, 0.25) is 5.88 Å². The summed E-state index contributed by atoms with van der Waals surface area (Å²) in [7, 11) is 0. The summed E-state index contributed by atoms with van der Waals surface area (Å²) in [4.78, 5) is 2.60. The Bertz CT molecular complexity index is 925.